The van der Waals surface area contributed by atoms with Crippen LogP contribution in [-0.2, 0) is 20.6 Å². The van der Waals surface area contributed by atoms with Crippen LogP contribution in [0.1, 0.15) is 18.9 Å². The number of rotatable bonds is 13. The number of hydrogen-bond donors (Lipinski definition) is 1. The number of thioether (sulfide) groups is 1. The van der Waals surface area contributed by atoms with E-state index in [1.165, 1.54) is 12.1 Å². The Hall–Kier alpha value is -2.68. The highest BCUT2D eigenvalue weighted by Gasteiger charge is 2.27. The molecule has 3 aromatic carbocycles. The van der Waals surface area contributed by atoms with Crippen molar-refractivity contribution in [1.29, 1.82) is 0 Å². The van der Waals surface area contributed by atoms with E-state index >= 15 is 0 Å². The molecule has 0 atom stereocenters. The number of benzene rings is 3. The second-order valence-electron chi connectivity index (χ2n) is 7.60. The van der Waals surface area contributed by atoms with Crippen LogP contribution in [0.2, 0.25) is 5.02 Å². The number of nitrogens with one attached hydrogen (secondary N) is 1. The zero-order chi connectivity index (χ0) is 25.1. The summed E-state index contributed by atoms with van der Waals surface area (Å²) in [6, 6.07) is 22.6. The molecule has 1 amide bonds. The van der Waals surface area contributed by atoms with Crippen LogP contribution in [0.3, 0.4) is 0 Å². The van der Waals surface area contributed by atoms with Crippen LogP contribution in [0.4, 0.5) is 5.69 Å². The minimum Gasteiger partial charge on any atom is -0.494 e. The van der Waals surface area contributed by atoms with E-state index in [2.05, 4.69) is 5.32 Å². The fourth-order valence-corrected chi connectivity index (χ4v) is 5.96. The lowest BCUT2D eigenvalue weighted by molar-refractivity contribution is -0.119. The summed E-state index contributed by atoms with van der Waals surface area (Å²) in [5, 5.41) is 3.59. The highest BCUT2D eigenvalue weighted by atomic mass is 35.5. The number of carbonyl (C=O) groups excluding carboxylic acids is 1. The Labute approximate surface area is 216 Å². The molecule has 0 aliphatic heterocycles. The Bertz CT molecular complexity index is 1190. The lowest BCUT2D eigenvalue weighted by Gasteiger charge is -2.24. The first kappa shape index (κ1) is 26.9. The fourth-order valence-electron chi connectivity index (χ4n) is 3.30. The molecule has 0 radical (unpaired) electrons. The van der Waals surface area contributed by atoms with Gasteiger partial charge in [0.25, 0.3) is 10.0 Å². The van der Waals surface area contributed by atoms with Crippen molar-refractivity contribution in [2.75, 3.05) is 29.8 Å². The van der Waals surface area contributed by atoms with Gasteiger partial charge in [-0.1, -0.05) is 48.0 Å². The van der Waals surface area contributed by atoms with Crippen molar-refractivity contribution in [2.45, 2.75) is 24.0 Å². The van der Waals surface area contributed by atoms with Gasteiger partial charge in [-0.05, 0) is 67.1 Å². The summed E-state index contributed by atoms with van der Waals surface area (Å²) in [5.41, 5.74) is 1.51. The Morgan fingerprint density at radius 1 is 1.00 bits per heavy atom. The Morgan fingerprint density at radius 3 is 2.37 bits per heavy atom. The van der Waals surface area contributed by atoms with Crippen LogP contribution < -0.4 is 14.4 Å². The number of carbonyl (C=O) groups is 1. The molecular formula is C26H29ClN2O4S2. The first-order chi connectivity index (χ1) is 16.9. The smallest absolute Gasteiger partial charge is 0.264 e. The normalized spacial score (nSPS) is 11.1. The largest absolute Gasteiger partial charge is 0.494 e. The van der Waals surface area contributed by atoms with Gasteiger partial charge >= 0.3 is 0 Å². The van der Waals surface area contributed by atoms with E-state index in [0.29, 0.717) is 24.6 Å². The zero-order valence-electron chi connectivity index (χ0n) is 19.5. The molecule has 1 N–H and O–H groups in total. The predicted molar refractivity (Wildman–Crippen MR) is 144 cm³/mol. The molecule has 0 saturated carbocycles. The predicted octanol–water partition coefficient (Wildman–Crippen LogP) is 5.37. The number of ether oxygens (including phenoxy) is 1. The zero-order valence-corrected chi connectivity index (χ0v) is 21.9. The Balaban J connectivity index is 1.58. The maximum atomic E-state index is 13.4. The molecule has 3 aromatic rings. The molecule has 0 bridgehead atoms. The molecule has 0 aliphatic carbocycles. The molecule has 0 aromatic heterocycles. The number of hydrogen-bond acceptors (Lipinski definition) is 5. The summed E-state index contributed by atoms with van der Waals surface area (Å²) in [7, 11) is -3.95. The summed E-state index contributed by atoms with van der Waals surface area (Å²) >= 11 is 7.91. The molecular weight excluding hydrogens is 504 g/mol. The summed E-state index contributed by atoms with van der Waals surface area (Å²) in [6.45, 7) is 2.49. The molecule has 0 unspecified atom stereocenters. The van der Waals surface area contributed by atoms with E-state index in [9.17, 15) is 13.2 Å². The Kier molecular flexibility index (Phi) is 10.3. The summed E-state index contributed by atoms with van der Waals surface area (Å²) in [6.07, 6.45) is 0.762. The van der Waals surface area contributed by atoms with Crippen molar-refractivity contribution in [1.82, 2.24) is 5.32 Å². The standard InChI is InChI=1S/C26H29ClN2O4S2/c1-2-33-23-13-15-24(16-14-23)35(31,32)29(22-10-4-3-5-11-22)19-26(30)28-17-8-18-34-20-21-9-6-7-12-25(21)27/h3-7,9-16H,2,8,17-20H2,1H3,(H,28,30). The molecule has 0 aliphatic rings. The number of para-hydroxylation sites is 1. The van der Waals surface area contributed by atoms with E-state index in [1.807, 2.05) is 31.2 Å². The molecule has 0 saturated heterocycles. The number of amides is 1. The van der Waals surface area contributed by atoms with E-state index in [4.69, 9.17) is 16.3 Å². The van der Waals surface area contributed by atoms with Crippen molar-refractivity contribution in [3.05, 3.63) is 89.4 Å². The molecule has 0 spiro atoms. The summed E-state index contributed by atoms with van der Waals surface area (Å²) in [5.74, 6) is 1.87. The number of nitrogens with zero attached hydrogens (tertiary/aromatic N) is 1. The van der Waals surface area contributed by atoms with Crippen molar-refractivity contribution < 1.29 is 17.9 Å². The molecule has 9 heteroatoms. The third-order valence-electron chi connectivity index (χ3n) is 5.06. The fraction of sp³-hybridized carbons (Fsp3) is 0.269. The molecule has 35 heavy (non-hydrogen) atoms. The molecule has 0 heterocycles. The van der Waals surface area contributed by atoms with Crippen molar-refractivity contribution in [3.63, 3.8) is 0 Å². The number of halogens is 1. The average Bonchev–Trinajstić information content (AvgIpc) is 2.86. The van der Waals surface area contributed by atoms with Crippen LogP contribution in [0, 0.1) is 0 Å². The van der Waals surface area contributed by atoms with Crippen molar-refractivity contribution in [3.8, 4) is 5.75 Å². The third-order valence-corrected chi connectivity index (χ3v) is 8.31. The van der Waals surface area contributed by atoms with Gasteiger partial charge in [0.2, 0.25) is 5.91 Å². The van der Waals surface area contributed by atoms with E-state index < -0.39 is 10.0 Å². The molecule has 0 fully saturated rings. The second kappa shape index (κ2) is 13.4. The minimum absolute atomic E-state index is 0.0913. The quantitative estimate of drug-likeness (QED) is 0.299. The van der Waals surface area contributed by atoms with Crippen LogP contribution in [0.15, 0.2) is 83.8 Å². The van der Waals surface area contributed by atoms with Gasteiger partial charge in [0.15, 0.2) is 0 Å². The first-order valence-corrected chi connectivity index (χ1v) is 14.3. The van der Waals surface area contributed by atoms with Crippen molar-refractivity contribution >= 4 is 45.0 Å². The summed E-state index contributed by atoms with van der Waals surface area (Å²) < 4.78 is 33.3. The minimum atomic E-state index is -3.95. The first-order valence-electron chi connectivity index (χ1n) is 11.3. The van der Waals surface area contributed by atoms with Crippen LogP contribution in [-0.4, -0.2) is 39.8 Å². The lowest BCUT2D eigenvalue weighted by atomic mass is 10.2. The monoisotopic (exact) mass is 532 g/mol. The van der Waals surface area contributed by atoms with Gasteiger partial charge in [-0.25, -0.2) is 8.42 Å². The maximum Gasteiger partial charge on any atom is 0.264 e. The van der Waals surface area contributed by atoms with Gasteiger partial charge in [0.05, 0.1) is 17.2 Å². The third kappa shape index (κ3) is 7.92. The highest BCUT2D eigenvalue weighted by Crippen LogP contribution is 2.25. The lowest BCUT2D eigenvalue weighted by Crippen LogP contribution is -2.41. The van der Waals surface area contributed by atoms with Crippen LogP contribution in [0.5, 0.6) is 5.75 Å². The van der Waals surface area contributed by atoms with E-state index in [1.54, 1.807) is 54.2 Å². The number of anilines is 1. The average molecular weight is 533 g/mol. The van der Waals surface area contributed by atoms with Gasteiger partial charge in [-0.2, -0.15) is 11.8 Å². The van der Waals surface area contributed by atoms with Gasteiger partial charge in [0, 0.05) is 17.3 Å². The molecule has 186 valence electrons. The van der Waals surface area contributed by atoms with Gasteiger partial charge in [0.1, 0.15) is 12.3 Å². The van der Waals surface area contributed by atoms with Gasteiger partial charge in [-0.3, -0.25) is 9.10 Å². The van der Waals surface area contributed by atoms with Gasteiger partial charge in [-0.15, -0.1) is 0 Å². The second-order valence-corrected chi connectivity index (χ2v) is 11.0. The van der Waals surface area contributed by atoms with Gasteiger partial charge < -0.3 is 10.1 Å². The van der Waals surface area contributed by atoms with E-state index in [0.717, 1.165) is 32.8 Å². The topological polar surface area (TPSA) is 75.7 Å². The maximum absolute atomic E-state index is 13.4. The van der Waals surface area contributed by atoms with Crippen LogP contribution in [0.25, 0.3) is 0 Å². The SMILES string of the molecule is CCOc1ccc(S(=O)(=O)N(CC(=O)NCCCSCc2ccccc2Cl)c2ccccc2)cc1. The highest BCUT2D eigenvalue weighted by molar-refractivity contribution is 7.98. The number of sulfonamides is 1. The molecule has 3 rings (SSSR count). The van der Waals surface area contributed by atoms with Crippen LogP contribution >= 0.6 is 23.4 Å². The summed E-state index contributed by atoms with van der Waals surface area (Å²) in [4.78, 5) is 12.8. The molecule has 6 nitrogen and oxygen atoms in total. The Morgan fingerprint density at radius 2 is 1.69 bits per heavy atom. The van der Waals surface area contributed by atoms with E-state index in [-0.39, 0.29) is 17.3 Å². The van der Waals surface area contributed by atoms with Crippen molar-refractivity contribution in [2.24, 2.45) is 0 Å².